The molecule has 21 heavy (non-hydrogen) atoms. The molecule has 2 heterocycles. The summed E-state index contributed by atoms with van der Waals surface area (Å²) in [6.45, 7) is 6.66. The van der Waals surface area contributed by atoms with Crippen LogP contribution in [0.3, 0.4) is 0 Å². The number of likely N-dealkylation sites (N-methyl/N-ethyl adjacent to an activating group) is 1. The van der Waals surface area contributed by atoms with Crippen molar-refractivity contribution in [1.82, 2.24) is 14.8 Å². The molecular weight excluding hydrogens is 288 g/mol. The third-order valence-corrected chi connectivity index (χ3v) is 4.04. The van der Waals surface area contributed by atoms with Crippen LogP contribution < -0.4 is 5.32 Å². The molecule has 0 saturated carbocycles. The fourth-order valence-electron chi connectivity index (χ4n) is 2.49. The molecule has 0 aliphatic carbocycles. The first-order valence-electron chi connectivity index (χ1n) is 7.49. The van der Waals surface area contributed by atoms with Crippen LogP contribution in [-0.2, 0) is 0 Å². The summed E-state index contributed by atoms with van der Waals surface area (Å²) in [5.74, 6) is 0.624. The number of amides is 1. The van der Waals surface area contributed by atoms with E-state index < -0.39 is 0 Å². The molecule has 1 aromatic rings. The molecule has 0 aromatic carbocycles. The lowest BCUT2D eigenvalue weighted by molar-refractivity contribution is 0.0782. The molecule has 116 valence electrons. The second-order valence-electron chi connectivity index (χ2n) is 5.36. The molecule has 2 rings (SSSR count). The summed E-state index contributed by atoms with van der Waals surface area (Å²) in [5.41, 5.74) is 0.506. The molecule has 1 saturated heterocycles. The lowest BCUT2D eigenvalue weighted by Crippen LogP contribution is -2.35. The summed E-state index contributed by atoms with van der Waals surface area (Å²) in [5, 5.41) is 3.49. The van der Waals surface area contributed by atoms with Crippen LogP contribution in [0.5, 0.6) is 0 Å². The Hall–Kier alpha value is -1.33. The van der Waals surface area contributed by atoms with Gasteiger partial charge in [0.1, 0.15) is 5.82 Å². The van der Waals surface area contributed by atoms with Crippen LogP contribution in [-0.4, -0.2) is 60.5 Å². The van der Waals surface area contributed by atoms with E-state index in [0.717, 1.165) is 26.2 Å². The van der Waals surface area contributed by atoms with Crippen molar-refractivity contribution < 1.29 is 4.79 Å². The molecule has 1 N–H and O–H groups in total. The molecule has 0 bridgehead atoms. The Morgan fingerprint density at radius 3 is 2.86 bits per heavy atom. The van der Waals surface area contributed by atoms with Gasteiger partial charge in [0.2, 0.25) is 0 Å². The van der Waals surface area contributed by atoms with Crippen molar-refractivity contribution in [1.29, 1.82) is 0 Å². The summed E-state index contributed by atoms with van der Waals surface area (Å²) < 4.78 is 0. The highest BCUT2D eigenvalue weighted by Gasteiger charge is 2.18. The summed E-state index contributed by atoms with van der Waals surface area (Å²) in [4.78, 5) is 20.8. The summed E-state index contributed by atoms with van der Waals surface area (Å²) in [6.07, 6.45) is 4.06. The van der Waals surface area contributed by atoms with Crippen LogP contribution in [0.4, 0.5) is 5.82 Å². The maximum Gasteiger partial charge on any atom is 0.255 e. The Balaban J connectivity index is 1.98. The van der Waals surface area contributed by atoms with Gasteiger partial charge in [-0.15, -0.1) is 0 Å². The normalized spacial score (nSPS) is 15.2. The number of hydrogen-bond donors (Lipinski definition) is 1. The summed E-state index contributed by atoms with van der Waals surface area (Å²) in [7, 11) is 1.82. The Morgan fingerprint density at radius 2 is 2.19 bits per heavy atom. The Morgan fingerprint density at radius 1 is 1.48 bits per heavy atom. The van der Waals surface area contributed by atoms with Crippen molar-refractivity contribution in [2.45, 2.75) is 19.8 Å². The molecular formula is C15H23ClN4O. The first-order chi connectivity index (χ1) is 10.1. The zero-order valence-corrected chi connectivity index (χ0v) is 13.5. The molecule has 5 nitrogen and oxygen atoms in total. The van der Waals surface area contributed by atoms with Gasteiger partial charge in [-0.05, 0) is 38.9 Å². The third-order valence-electron chi connectivity index (χ3n) is 3.74. The lowest BCUT2D eigenvalue weighted by Gasteiger charge is -2.22. The predicted molar refractivity (Wildman–Crippen MR) is 86.0 cm³/mol. The number of halogens is 1. The average molecular weight is 311 g/mol. The zero-order valence-electron chi connectivity index (χ0n) is 12.7. The number of rotatable bonds is 6. The molecule has 0 radical (unpaired) electrons. The topological polar surface area (TPSA) is 48.5 Å². The van der Waals surface area contributed by atoms with E-state index >= 15 is 0 Å². The first-order valence-corrected chi connectivity index (χ1v) is 7.87. The minimum absolute atomic E-state index is 0.0549. The van der Waals surface area contributed by atoms with Crippen molar-refractivity contribution in [3.05, 3.63) is 22.8 Å². The van der Waals surface area contributed by atoms with Gasteiger partial charge in [-0.1, -0.05) is 11.6 Å². The molecule has 1 aliphatic rings. The Labute approximate surface area is 131 Å². The average Bonchev–Trinajstić information content (AvgIpc) is 2.99. The minimum Gasteiger partial charge on any atom is -0.370 e. The standard InChI is InChI=1S/C15H23ClN4O/c1-3-17-14-10-12(13(16)11-18-14)15(21)19(2)8-9-20-6-4-5-7-20/h10-11H,3-9H2,1-2H3,(H,17,18). The minimum atomic E-state index is -0.0549. The Kier molecular flexibility index (Phi) is 5.82. The van der Waals surface area contributed by atoms with Gasteiger partial charge in [-0.25, -0.2) is 4.98 Å². The van der Waals surface area contributed by atoms with Crippen LogP contribution in [0.2, 0.25) is 5.02 Å². The van der Waals surface area contributed by atoms with Crippen molar-refractivity contribution in [3.63, 3.8) is 0 Å². The number of aromatic nitrogens is 1. The molecule has 1 aliphatic heterocycles. The number of carbonyl (C=O) groups excluding carboxylic acids is 1. The highest BCUT2D eigenvalue weighted by atomic mass is 35.5. The van der Waals surface area contributed by atoms with Gasteiger partial charge in [0.25, 0.3) is 5.91 Å². The van der Waals surface area contributed by atoms with Gasteiger partial charge in [-0.2, -0.15) is 0 Å². The number of hydrogen-bond acceptors (Lipinski definition) is 4. The number of likely N-dealkylation sites (tertiary alicyclic amines) is 1. The van der Waals surface area contributed by atoms with Crippen molar-refractivity contribution in [2.75, 3.05) is 45.1 Å². The number of anilines is 1. The number of carbonyl (C=O) groups is 1. The number of nitrogens with one attached hydrogen (secondary N) is 1. The summed E-state index contributed by atoms with van der Waals surface area (Å²) in [6, 6.07) is 1.72. The molecule has 1 aromatic heterocycles. The van der Waals surface area contributed by atoms with Crippen LogP contribution in [0.15, 0.2) is 12.3 Å². The Bertz CT molecular complexity index is 489. The fourth-order valence-corrected chi connectivity index (χ4v) is 2.67. The fraction of sp³-hybridized carbons (Fsp3) is 0.600. The molecule has 1 fully saturated rings. The molecule has 0 atom stereocenters. The highest BCUT2D eigenvalue weighted by molar-refractivity contribution is 6.33. The molecule has 1 amide bonds. The number of nitrogens with zero attached hydrogens (tertiary/aromatic N) is 3. The van der Waals surface area contributed by atoms with E-state index in [1.807, 2.05) is 14.0 Å². The van der Waals surface area contributed by atoms with E-state index in [2.05, 4.69) is 15.2 Å². The largest absolute Gasteiger partial charge is 0.370 e. The zero-order chi connectivity index (χ0) is 15.2. The van der Waals surface area contributed by atoms with Crippen molar-refractivity contribution in [2.24, 2.45) is 0 Å². The van der Waals surface area contributed by atoms with Crippen LogP contribution in [0, 0.1) is 0 Å². The second-order valence-corrected chi connectivity index (χ2v) is 5.76. The van der Waals surface area contributed by atoms with Crippen molar-refractivity contribution in [3.8, 4) is 0 Å². The van der Waals surface area contributed by atoms with Crippen LogP contribution in [0.25, 0.3) is 0 Å². The van der Waals surface area contributed by atoms with Gasteiger partial charge < -0.3 is 15.1 Å². The van der Waals surface area contributed by atoms with Gasteiger partial charge in [-0.3, -0.25) is 4.79 Å². The van der Waals surface area contributed by atoms with Crippen molar-refractivity contribution >= 4 is 23.3 Å². The van der Waals surface area contributed by atoms with E-state index in [1.165, 1.54) is 19.0 Å². The van der Waals surface area contributed by atoms with Gasteiger partial charge in [0, 0.05) is 32.9 Å². The maximum absolute atomic E-state index is 12.5. The first kappa shape index (κ1) is 16.0. The van der Waals surface area contributed by atoms with E-state index in [-0.39, 0.29) is 5.91 Å². The maximum atomic E-state index is 12.5. The molecule has 6 heteroatoms. The van der Waals surface area contributed by atoms with E-state index in [9.17, 15) is 4.79 Å². The van der Waals surface area contributed by atoms with Crippen LogP contribution >= 0.6 is 11.6 Å². The highest BCUT2D eigenvalue weighted by Crippen LogP contribution is 2.19. The van der Waals surface area contributed by atoms with Crippen LogP contribution in [0.1, 0.15) is 30.1 Å². The second kappa shape index (κ2) is 7.61. The van der Waals surface area contributed by atoms with E-state index in [4.69, 9.17) is 11.6 Å². The quantitative estimate of drug-likeness (QED) is 0.876. The smallest absolute Gasteiger partial charge is 0.255 e. The predicted octanol–water partition coefficient (Wildman–Crippen LogP) is 2.33. The van der Waals surface area contributed by atoms with E-state index in [0.29, 0.717) is 22.9 Å². The lowest BCUT2D eigenvalue weighted by atomic mass is 10.2. The summed E-state index contributed by atoms with van der Waals surface area (Å²) >= 11 is 6.11. The molecule has 0 spiro atoms. The van der Waals surface area contributed by atoms with Gasteiger partial charge in [0.05, 0.1) is 10.6 Å². The SMILES string of the molecule is CCNc1cc(C(=O)N(C)CCN2CCCC2)c(Cl)cn1. The number of pyridine rings is 1. The van der Waals surface area contributed by atoms with E-state index in [1.54, 1.807) is 11.0 Å². The van der Waals surface area contributed by atoms with Gasteiger partial charge in [0.15, 0.2) is 0 Å². The monoisotopic (exact) mass is 310 g/mol. The third kappa shape index (κ3) is 4.32. The van der Waals surface area contributed by atoms with Gasteiger partial charge >= 0.3 is 0 Å². The molecule has 0 unspecified atom stereocenters.